The number of hydrogen-bond donors (Lipinski definition) is 1. The minimum Gasteiger partial charge on any atom is -0.490 e. The number of carbonyl (C=O) groups is 3. The van der Waals surface area contributed by atoms with E-state index in [9.17, 15) is 24.5 Å². The van der Waals surface area contributed by atoms with Crippen LogP contribution in [0.5, 0.6) is 11.5 Å². The van der Waals surface area contributed by atoms with Gasteiger partial charge in [0.15, 0.2) is 11.5 Å². The highest BCUT2D eigenvalue weighted by atomic mass is 79.9. The van der Waals surface area contributed by atoms with Crippen LogP contribution in [0.4, 0.5) is 16.2 Å². The van der Waals surface area contributed by atoms with Crippen molar-refractivity contribution in [1.29, 1.82) is 0 Å². The summed E-state index contributed by atoms with van der Waals surface area (Å²) >= 11 is 5.77. The zero-order valence-corrected chi connectivity index (χ0v) is 25.1. The first kappa shape index (κ1) is 30.2. The van der Waals surface area contributed by atoms with E-state index in [0.717, 1.165) is 27.1 Å². The fourth-order valence-corrected chi connectivity index (χ4v) is 5.65. The van der Waals surface area contributed by atoms with Gasteiger partial charge >= 0.3 is 0 Å². The zero-order chi connectivity index (χ0) is 29.5. The van der Waals surface area contributed by atoms with Gasteiger partial charge in [-0.05, 0) is 101 Å². The topological polar surface area (TPSA) is 128 Å². The maximum absolute atomic E-state index is 13.0. The van der Waals surface area contributed by atoms with Crippen LogP contribution in [-0.4, -0.2) is 46.3 Å². The first-order valence-electron chi connectivity index (χ1n) is 12.2. The van der Waals surface area contributed by atoms with Gasteiger partial charge in [0.1, 0.15) is 13.2 Å². The minimum atomic E-state index is -0.569. The van der Waals surface area contributed by atoms with Crippen molar-refractivity contribution in [3.8, 4) is 11.5 Å². The first-order valence-corrected chi connectivity index (χ1v) is 15.0. The molecule has 3 aromatic rings. The molecule has 0 bridgehead atoms. The number of hydrogen-bond acceptors (Lipinski definition) is 9. The second-order valence-corrected chi connectivity index (χ2v) is 11.3. The largest absolute Gasteiger partial charge is 0.490 e. The summed E-state index contributed by atoms with van der Waals surface area (Å²) in [6, 6.07) is 16.7. The van der Waals surface area contributed by atoms with Crippen LogP contribution in [0, 0.1) is 10.1 Å². The molecule has 1 fully saturated rings. The van der Waals surface area contributed by atoms with Gasteiger partial charge in [0.05, 0.1) is 20.9 Å². The van der Waals surface area contributed by atoms with E-state index in [1.54, 1.807) is 36.4 Å². The summed E-state index contributed by atoms with van der Waals surface area (Å²) < 4.78 is 12.3. The number of nitro groups is 1. The Morgan fingerprint density at radius 2 is 1.90 bits per heavy atom. The van der Waals surface area contributed by atoms with E-state index in [-0.39, 0.29) is 17.2 Å². The Kier molecular flexibility index (Phi) is 10.1. The average molecular weight is 659 g/mol. The number of carbonyl (C=O) groups excluding carboxylic acids is 3. The fourth-order valence-electron chi connectivity index (χ4n) is 3.78. The molecule has 1 heterocycles. The number of halogens is 1. The van der Waals surface area contributed by atoms with Crippen LogP contribution < -0.4 is 14.8 Å². The molecular formula is C28H24BrN3O7S2. The van der Waals surface area contributed by atoms with Crippen LogP contribution >= 0.6 is 39.5 Å². The van der Waals surface area contributed by atoms with Crippen molar-refractivity contribution < 1.29 is 28.8 Å². The number of amides is 3. The SMILES string of the molecule is CCOc1cc(/C=C2/SC(=O)N(CC(=O)Nc3cccc(SC)c3)C2=O)cc(Br)c1OCc1ccc([N+](=O)[O-])cc1. The number of rotatable bonds is 11. The molecule has 13 heteroatoms. The maximum atomic E-state index is 13.0. The number of non-ortho nitro benzene ring substituents is 1. The summed E-state index contributed by atoms with van der Waals surface area (Å²) in [5, 5.41) is 13.1. The van der Waals surface area contributed by atoms with Crippen LogP contribution in [0.3, 0.4) is 0 Å². The lowest BCUT2D eigenvalue weighted by molar-refractivity contribution is -0.384. The van der Waals surface area contributed by atoms with Gasteiger partial charge in [-0.2, -0.15) is 0 Å². The maximum Gasteiger partial charge on any atom is 0.294 e. The molecule has 1 aliphatic rings. The predicted molar refractivity (Wildman–Crippen MR) is 162 cm³/mol. The number of anilines is 1. The molecule has 1 N–H and O–H groups in total. The van der Waals surface area contributed by atoms with Crippen molar-refractivity contribution in [3.63, 3.8) is 0 Å². The molecule has 0 radical (unpaired) electrons. The van der Waals surface area contributed by atoms with Gasteiger partial charge in [-0.25, -0.2) is 0 Å². The molecule has 3 amide bonds. The highest BCUT2D eigenvalue weighted by Crippen LogP contribution is 2.40. The Bertz CT molecular complexity index is 1530. The monoisotopic (exact) mass is 657 g/mol. The van der Waals surface area contributed by atoms with Gasteiger partial charge in [0.2, 0.25) is 5.91 Å². The molecule has 0 spiro atoms. The van der Waals surface area contributed by atoms with Crippen molar-refractivity contribution in [2.45, 2.75) is 18.4 Å². The molecule has 1 saturated heterocycles. The molecular weight excluding hydrogens is 634 g/mol. The molecule has 0 unspecified atom stereocenters. The predicted octanol–water partition coefficient (Wildman–Crippen LogP) is 6.73. The highest BCUT2D eigenvalue weighted by Gasteiger charge is 2.36. The summed E-state index contributed by atoms with van der Waals surface area (Å²) in [7, 11) is 0. The van der Waals surface area contributed by atoms with E-state index in [1.807, 2.05) is 31.4 Å². The van der Waals surface area contributed by atoms with E-state index < -0.39 is 28.5 Å². The summed E-state index contributed by atoms with van der Waals surface area (Å²) in [6.07, 6.45) is 3.48. The number of nitro benzene ring substituents is 1. The van der Waals surface area contributed by atoms with Crippen molar-refractivity contribution in [2.24, 2.45) is 0 Å². The Morgan fingerprint density at radius 1 is 1.15 bits per heavy atom. The number of nitrogens with one attached hydrogen (secondary N) is 1. The normalized spacial score (nSPS) is 13.9. The van der Waals surface area contributed by atoms with E-state index in [4.69, 9.17) is 9.47 Å². The molecule has 3 aromatic carbocycles. The Morgan fingerprint density at radius 3 is 2.59 bits per heavy atom. The summed E-state index contributed by atoms with van der Waals surface area (Å²) in [5.41, 5.74) is 1.87. The molecule has 0 saturated carbocycles. The van der Waals surface area contributed by atoms with E-state index in [1.165, 1.54) is 23.9 Å². The van der Waals surface area contributed by atoms with Gasteiger partial charge < -0.3 is 14.8 Å². The molecule has 0 aliphatic carbocycles. The standard InChI is InChI=1S/C28H24BrN3O7S2/c1-3-38-23-12-18(11-22(29)26(23)39-16-17-7-9-20(10-8-17)32(36)37)13-24-27(34)31(28(35)41-24)15-25(33)30-19-5-4-6-21(14-19)40-2/h4-14H,3,15-16H2,1-2H3,(H,30,33)/b24-13+. The Hall–Kier alpha value is -3.81. The summed E-state index contributed by atoms with van der Waals surface area (Å²) in [6.45, 7) is 1.89. The van der Waals surface area contributed by atoms with Gasteiger partial charge in [0.25, 0.3) is 16.8 Å². The van der Waals surface area contributed by atoms with Crippen LogP contribution in [0.1, 0.15) is 18.1 Å². The molecule has 10 nitrogen and oxygen atoms in total. The van der Waals surface area contributed by atoms with Crippen molar-refractivity contribution in [2.75, 3.05) is 24.7 Å². The van der Waals surface area contributed by atoms with Crippen LogP contribution in [0.15, 0.2) is 74.9 Å². The third-order valence-electron chi connectivity index (χ3n) is 5.69. The third kappa shape index (κ3) is 7.69. The summed E-state index contributed by atoms with van der Waals surface area (Å²) in [5.74, 6) is -0.234. The van der Waals surface area contributed by atoms with Gasteiger partial charge in [-0.1, -0.05) is 6.07 Å². The van der Waals surface area contributed by atoms with Crippen molar-refractivity contribution >= 4 is 74.0 Å². The molecule has 41 heavy (non-hydrogen) atoms. The summed E-state index contributed by atoms with van der Waals surface area (Å²) in [4.78, 5) is 50.6. The van der Waals surface area contributed by atoms with E-state index in [0.29, 0.717) is 33.8 Å². The molecule has 4 rings (SSSR count). The van der Waals surface area contributed by atoms with Crippen LogP contribution in [-0.2, 0) is 16.2 Å². The van der Waals surface area contributed by atoms with Gasteiger partial charge in [-0.3, -0.25) is 29.4 Å². The molecule has 0 aromatic heterocycles. The Labute approximate surface area is 252 Å². The Balaban J connectivity index is 1.47. The van der Waals surface area contributed by atoms with Crippen molar-refractivity contribution in [1.82, 2.24) is 4.90 Å². The van der Waals surface area contributed by atoms with Crippen LogP contribution in [0.2, 0.25) is 0 Å². The van der Waals surface area contributed by atoms with E-state index >= 15 is 0 Å². The lowest BCUT2D eigenvalue weighted by Gasteiger charge is -2.15. The van der Waals surface area contributed by atoms with Gasteiger partial charge in [-0.15, -0.1) is 11.8 Å². The second kappa shape index (κ2) is 13.7. The van der Waals surface area contributed by atoms with E-state index in [2.05, 4.69) is 21.2 Å². The van der Waals surface area contributed by atoms with Crippen molar-refractivity contribution in [3.05, 3.63) is 91.3 Å². The minimum absolute atomic E-state index is 0.0136. The third-order valence-corrected chi connectivity index (χ3v) is 7.91. The quantitative estimate of drug-likeness (QED) is 0.103. The average Bonchev–Trinajstić information content (AvgIpc) is 3.20. The van der Waals surface area contributed by atoms with Gasteiger partial charge in [0, 0.05) is 22.7 Å². The number of imide groups is 1. The molecule has 1 aliphatic heterocycles. The number of thioether (sulfide) groups is 2. The first-order chi connectivity index (χ1) is 19.7. The smallest absolute Gasteiger partial charge is 0.294 e. The van der Waals surface area contributed by atoms with Crippen LogP contribution in [0.25, 0.3) is 6.08 Å². The number of nitrogens with zero attached hydrogens (tertiary/aromatic N) is 2. The lowest BCUT2D eigenvalue weighted by Crippen LogP contribution is -2.36. The second-order valence-electron chi connectivity index (χ2n) is 8.52. The lowest BCUT2D eigenvalue weighted by atomic mass is 10.1. The number of ether oxygens (including phenoxy) is 2. The molecule has 0 atom stereocenters. The zero-order valence-electron chi connectivity index (χ0n) is 21.9. The fraction of sp³-hybridized carbons (Fsp3) is 0.179. The number of benzene rings is 3. The molecule has 212 valence electrons. The highest BCUT2D eigenvalue weighted by molar-refractivity contribution is 9.10.